The third kappa shape index (κ3) is 7.00. The van der Waals surface area contributed by atoms with Crippen LogP contribution in [-0.4, -0.2) is 25.2 Å². The fourth-order valence-corrected chi connectivity index (χ4v) is 4.22. The SMILES string of the molecule is CCOC(=O)c1ccc(C=C(c2ccc(C(C)(C)C)cc2)c2ccc(C(C)(C)C)cc2)cc1C(=O)OCC. The first kappa shape index (κ1) is 28.9. The third-order valence-corrected chi connectivity index (χ3v) is 6.47. The molecular formula is C34H40O4. The molecule has 0 unspecified atom stereocenters. The molecule has 0 aliphatic heterocycles. The summed E-state index contributed by atoms with van der Waals surface area (Å²) < 4.78 is 10.4. The summed E-state index contributed by atoms with van der Waals surface area (Å²) in [5.74, 6) is -1.08. The first-order valence-corrected chi connectivity index (χ1v) is 13.3. The summed E-state index contributed by atoms with van der Waals surface area (Å²) in [6.45, 7) is 17.1. The van der Waals surface area contributed by atoms with Gasteiger partial charge in [0.2, 0.25) is 0 Å². The van der Waals surface area contributed by atoms with E-state index in [0.29, 0.717) is 0 Å². The van der Waals surface area contributed by atoms with Gasteiger partial charge in [-0.05, 0) is 76.3 Å². The van der Waals surface area contributed by atoms with Gasteiger partial charge in [0.1, 0.15) is 0 Å². The van der Waals surface area contributed by atoms with Crippen LogP contribution in [0.4, 0.5) is 0 Å². The van der Waals surface area contributed by atoms with Gasteiger partial charge >= 0.3 is 11.9 Å². The highest BCUT2D eigenvalue weighted by atomic mass is 16.5. The summed E-state index contributed by atoms with van der Waals surface area (Å²) in [7, 11) is 0. The Morgan fingerprint density at radius 3 is 1.45 bits per heavy atom. The Labute approximate surface area is 227 Å². The monoisotopic (exact) mass is 512 g/mol. The molecule has 4 nitrogen and oxygen atoms in total. The zero-order valence-electron chi connectivity index (χ0n) is 24.0. The molecule has 0 heterocycles. The van der Waals surface area contributed by atoms with E-state index in [1.165, 1.54) is 11.1 Å². The number of carbonyl (C=O) groups is 2. The molecule has 0 radical (unpaired) electrons. The third-order valence-electron chi connectivity index (χ3n) is 6.47. The van der Waals surface area contributed by atoms with Crippen molar-refractivity contribution in [1.82, 2.24) is 0 Å². The van der Waals surface area contributed by atoms with Crippen molar-refractivity contribution in [2.75, 3.05) is 13.2 Å². The van der Waals surface area contributed by atoms with Gasteiger partial charge in [0, 0.05) is 0 Å². The summed E-state index contributed by atoms with van der Waals surface area (Å²) in [4.78, 5) is 25.3. The minimum Gasteiger partial charge on any atom is -0.462 e. The fourth-order valence-electron chi connectivity index (χ4n) is 4.22. The number of benzene rings is 3. The molecule has 3 aromatic rings. The van der Waals surface area contributed by atoms with Gasteiger partial charge in [-0.2, -0.15) is 0 Å². The predicted molar refractivity (Wildman–Crippen MR) is 156 cm³/mol. The van der Waals surface area contributed by atoms with Crippen LogP contribution in [-0.2, 0) is 20.3 Å². The lowest BCUT2D eigenvalue weighted by Crippen LogP contribution is -2.14. The van der Waals surface area contributed by atoms with Crippen LogP contribution in [0.3, 0.4) is 0 Å². The molecule has 38 heavy (non-hydrogen) atoms. The summed E-state index contributed by atoms with van der Waals surface area (Å²) >= 11 is 0. The minimum absolute atomic E-state index is 0.0498. The number of hydrogen-bond acceptors (Lipinski definition) is 4. The number of carbonyl (C=O) groups excluding carboxylic acids is 2. The topological polar surface area (TPSA) is 52.6 Å². The first-order valence-electron chi connectivity index (χ1n) is 13.3. The number of esters is 2. The highest BCUT2D eigenvalue weighted by Gasteiger charge is 2.20. The van der Waals surface area contributed by atoms with Crippen LogP contribution in [0.1, 0.15) is 104 Å². The maximum Gasteiger partial charge on any atom is 0.339 e. The van der Waals surface area contributed by atoms with E-state index in [9.17, 15) is 9.59 Å². The van der Waals surface area contributed by atoms with E-state index in [1.807, 2.05) is 6.07 Å². The van der Waals surface area contributed by atoms with Gasteiger partial charge in [0.25, 0.3) is 0 Å². The molecule has 0 fully saturated rings. The van der Waals surface area contributed by atoms with Crippen molar-refractivity contribution in [2.45, 2.75) is 66.2 Å². The van der Waals surface area contributed by atoms with E-state index in [4.69, 9.17) is 9.47 Å². The zero-order valence-corrected chi connectivity index (χ0v) is 24.0. The van der Waals surface area contributed by atoms with Crippen molar-refractivity contribution < 1.29 is 19.1 Å². The Bertz CT molecular complexity index is 1240. The van der Waals surface area contributed by atoms with Gasteiger partial charge in [0.15, 0.2) is 0 Å². The van der Waals surface area contributed by atoms with E-state index >= 15 is 0 Å². The average Bonchev–Trinajstić information content (AvgIpc) is 2.86. The van der Waals surface area contributed by atoms with Crippen molar-refractivity contribution in [3.8, 4) is 0 Å². The lowest BCUT2D eigenvalue weighted by atomic mass is 9.84. The summed E-state index contributed by atoms with van der Waals surface area (Å²) in [6, 6.07) is 22.4. The lowest BCUT2D eigenvalue weighted by molar-refractivity contribution is 0.0479. The van der Waals surface area contributed by atoms with Crippen molar-refractivity contribution >= 4 is 23.6 Å². The van der Waals surface area contributed by atoms with Crippen molar-refractivity contribution in [1.29, 1.82) is 0 Å². The quantitative estimate of drug-likeness (QED) is 0.236. The molecule has 0 saturated heterocycles. The summed E-state index contributed by atoms with van der Waals surface area (Å²) in [5.41, 5.74) is 6.95. The molecule has 0 atom stereocenters. The van der Waals surface area contributed by atoms with E-state index in [0.717, 1.165) is 22.3 Å². The molecule has 0 aliphatic rings. The van der Waals surface area contributed by atoms with Crippen LogP contribution >= 0.6 is 0 Å². The Morgan fingerprint density at radius 1 is 0.632 bits per heavy atom. The standard InChI is InChI=1S/C34H40O4/c1-9-37-31(35)28-20-11-23(22-30(28)32(36)38-10-2)21-29(24-12-16-26(17-13-24)33(3,4)5)25-14-18-27(19-15-25)34(6,7)8/h11-22H,9-10H2,1-8H3. The molecule has 0 spiro atoms. The molecule has 0 N–H and O–H groups in total. The molecule has 0 bridgehead atoms. The van der Waals surface area contributed by atoms with Crippen LogP contribution in [0, 0.1) is 0 Å². The average molecular weight is 513 g/mol. The first-order chi connectivity index (χ1) is 17.8. The lowest BCUT2D eigenvalue weighted by Gasteiger charge is -2.21. The highest BCUT2D eigenvalue weighted by Crippen LogP contribution is 2.31. The van der Waals surface area contributed by atoms with Gasteiger partial charge in [0.05, 0.1) is 24.3 Å². The second-order valence-corrected chi connectivity index (χ2v) is 11.5. The summed E-state index contributed by atoms with van der Waals surface area (Å²) in [5, 5.41) is 0. The van der Waals surface area contributed by atoms with Crippen molar-refractivity contribution in [2.24, 2.45) is 0 Å². The number of hydrogen-bond donors (Lipinski definition) is 0. The minimum atomic E-state index is -0.545. The molecule has 0 aromatic heterocycles. The van der Waals surface area contributed by atoms with E-state index < -0.39 is 11.9 Å². The molecule has 200 valence electrons. The maximum atomic E-state index is 12.8. The Morgan fingerprint density at radius 2 is 1.05 bits per heavy atom. The van der Waals surface area contributed by atoms with Crippen LogP contribution in [0.15, 0.2) is 66.7 Å². The Kier molecular flexibility index (Phi) is 8.98. The van der Waals surface area contributed by atoms with Gasteiger partial charge in [-0.15, -0.1) is 0 Å². The Balaban J connectivity index is 2.18. The summed E-state index contributed by atoms with van der Waals surface area (Å²) in [6.07, 6.45) is 2.05. The van der Waals surface area contributed by atoms with Crippen LogP contribution in [0.5, 0.6) is 0 Å². The predicted octanol–water partition coefficient (Wildman–Crippen LogP) is 8.22. The van der Waals surface area contributed by atoms with E-state index in [2.05, 4.69) is 96.1 Å². The molecule has 3 aromatic carbocycles. The van der Waals surface area contributed by atoms with Gasteiger partial charge in [-0.3, -0.25) is 0 Å². The second-order valence-electron chi connectivity index (χ2n) is 11.5. The zero-order chi connectivity index (χ0) is 28.1. The number of rotatable bonds is 7. The van der Waals surface area contributed by atoms with Crippen LogP contribution in [0.2, 0.25) is 0 Å². The highest BCUT2D eigenvalue weighted by molar-refractivity contribution is 6.04. The van der Waals surface area contributed by atoms with E-state index in [1.54, 1.807) is 26.0 Å². The van der Waals surface area contributed by atoms with Crippen LogP contribution in [0.25, 0.3) is 11.6 Å². The molecule has 0 amide bonds. The Hall–Kier alpha value is -3.66. The van der Waals surface area contributed by atoms with Crippen LogP contribution < -0.4 is 0 Å². The van der Waals surface area contributed by atoms with E-state index in [-0.39, 0.29) is 35.2 Å². The molecule has 4 heteroatoms. The fraction of sp³-hybridized carbons (Fsp3) is 0.353. The molecule has 0 aliphatic carbocycles. The largest absolute Gasteiger partial charge is 0.462 e. The molecular weight excluding hydrogens is 472 g/mol. The van der Waals surface area contributed by atoms with Crippen molar-refractivity contribution in [3.63, 3.8) is 0 Å². The number of ether oxygens (including phenoxy) is 2. The van der Waals surface area contributed by atoms with Crippen molar-refractivity contribution in [3.05, 3.63) is 106 Å². The van der Waals surface area contributed by atoms with Gasteiger partial charge < -0.3 is 9.47 Å². The van der Waals surface area contributed by atoms with Gasteiger partial charge in [-0.25, -0.2) is 9.59 Å². The maximum absolute atomic E-state index is 12.8. The second kappa shape index (κ2) is 11.8. The normalized spacial score (nSPS) is 11.6. The molecule has 3 rings (SSSR count). The smallest absolute Gasteiger partial charge is 0.339 e. The molecule has 0 saturated carbocycles. The van der Waals surface area contributed by atoms with Gasteiger partial charge in [-0.1, -0.05) is 96.1 Å².